The molecule has 0 unspecified atom stereocenters. The van der Waals surface area contributed by atoms with Crippen molar-refractivity contribution < 1.29 is 40.9 Å². The first kappa shape index (κ1) is 12.3. The fourth-order valence-electron chi connectivity index (χ4n) is 0.529. The molecular weight excluding hydrogens is 127 g/mol. The number of aliphatic hydroxyl groups excluding tert-OH is 1. The zero-order valence-corrected chi connectivity index (χ0v) is 8.18. The van der Waals surface area contributed by atoms with Crippen LogP contribution < -0.4 is 29.6 Å². The monoisotopic (exact) mass is 140 g/mol. The van der Waals surface area contributed by atoms with Gasteiger partial charge in [-0.3, -0.25) is 4.79 Å². The summed E-state index contributed by atoms with van der Waals surface area (Å²) in [5, 5.41) is 8.24. The van der Waals surface area contributed by atoms with E-state index in [1.807, 2.05) is 6.92 Å². The summed E-state index contributed by atoms with van der Waals surface area (Å²) in [7, 11) is 0. The predicted molar refractivity (Wildman–Crippen MR) is 32.7 cm³/mol. The van der Waals surface area contributed by atoms with Crippen molar-refractivity contribution in [3.8, 4) is 0 Å². The third-order valence-corrected chi connectivity index (χ3v) is 0.919. The zero-order valence-electron chi connectivity index (χ0n) is 7.18. The number of hydrogen-bond donors (Lipinski definition) is 1. The van der Waals surface area contributed by atoms with Crippen LogP contribution in [0, 0.1) is 0 Å². The summed E-state index contributed by atoms with van der Waals surface area (Å²) < 4.78 is 0. The Kier molecular flexibility index (Phi) is 11.8. The van der Waals surface area contributed by atoms with Crippen LogP contribution in [0.1, 0.15) is 27.6 Å². The number of aliphatic hydroxyl groups is 1. The summed E-state index contributed by atoms with van der Waals surface area (Å²) in [6.45, 7) is 1.95. The molecule has 50 valence electrons. The summed E-state index contributed by atoms with van der Waals surface area (Å²) in [6, 6.07) is 0. The maximum Gasteiger partial charge on any atom is 1.00 e. The quantitative estimate of drug-likeness (QED) is 0.452. The first-order chi connectivity index (χ1) is 3.81. The van der Waals surface area contributed by atoms with Crippen LogP contribution in [0.5, 0.6) is 0 Å². The molecule has 2 nitrogen and oxygen atoms in total. The fourth-order valence-corrected chi connectivity index (χ4v) is 0.529. The van der Waals surface area contributed by atoms with Crippen molar-refractivity contribution in [3.63, 3.8) is 0 Å². The van der Waals surface area contributed by atoms with Crippen LogP contribution in [0.4, 0.5) is 0 Å². The Labute approximate surface area is 79.4 Å². The molecule has 0 aromatic rings. The van der Waals surface area contributed by atoms with E-state index in [4.69, 9.17) is 5.11 Å². The zero-order chi connectivity index (χ0) is 6.41. The number of carbonyl (C=O) groups is 1. The van der Waals surface area contributed by atoms with Crippen LogP contribution in [0.2, 0.25) is 0 Å². The summed E-state index contributed by atoms with van der Waals surface area (Å²) >= 11 is 0. The van der Waals surface area contributed by atoms with Gasteiger partial charge in [0.05, 0.1) is 0 Å². The Morgan fingerprint density at radius 3 is 2.44 bits per heavy atom. The molecule has 0 amide bonds. The molecule has 0 spiro atoms. The number of rotatable bonds is 4. The second-order valence-electron chi connectivity index (χ2n) is 1.76. The molecule has 9 heavy (non-hydrogen) atoms. The molecule has 0 bridgehead atoms. The predicted octanol–water partition coefficient (Wildman–Crippen LogP) is -2.15. The maximum absolute atomic E-state index is 10.5. The smallest absolute Gasteiger partial charge is 1.00 e. The van der Waals surface area contributed by atoms with Gasteiger partial charge in [0.25, 0.3) is 0 Å². The van der Waals surface area contributed by atoms with Crippen molar-refractivity contribution in [2.24, 2.45) is 0 Å². The van der Waals surface area contributed by atoms with Crippen molar-refractivity contribution >= 4 is 5.78 Å². The minimum Gasteiger partial charge on any atom is -1.00 e. The molecule has 0 saturated carbocycles. The van der Waals surface area contributed by atoms with Gasteiger partial charge in [-0.25, -0.2) is 0 Å². The Morgan fingerprint density at radius 2 is 2.11 bits per heavy atom. The van der Waals surface area contributed by atoms with Crippen LogP contribution in [0.25, 0.3) is 0 Å². The van der Waals surface area contributed by atoms with Gasteiger partial charge >= 0.3 is 29.6 Å². The molecule has 0 fully saturated rings. The summed E-state index contributed by atoms with van der Waals surface area (Å²) in [5.41, 5.74) is 0. The van der Waals surface area contributed by atoms with Gasteiger partial charge in [-0.1, -0.05) is 6.92 Å². The summed E-state index contributed by atoms with van der Waals surface area (Å²) in [6.07, 6.45) is 1.83. The van der Waals surface area contributed by atoms with E-state index in [0.717, 1.165) is 6.42 Å². The topological polar surface area (TPSA) is 37.3 Å². The van der Waals surface area contributed by atoms with E-state index < -0.39 is 0 Å². The van der Waals surface area contributed by atoms with Crippen molar-refractivity contribution in [2.45, 2.75) is 26.2 Å². The SMILES string of the molecule is CCCC(=O)CCO.[H-].[Na+]. The van der Waals surface area contributed by atoms with Crippen molar-refractivity contribution in [1.82, 2.24) is 0 Å². The van der Waals surface area contributed by atoms with Crippen LogP contribution >= 0.6 is 0 Å². The van der Waals surface area contributed by atoms with E-state index in [1.165, 1.54) is 0 Å². The van der Waals surface area contributed by atoms with Crippen molar-refractivity contribution in [2.75, 3.05) is 6.61 Å². The van der Waals surface area contributed by atoms with Gasteiger partial charge in [0.2, 0.25) is 0 Å². The number of carbonyl (C=O) groups excluding carboxylic acids is 1. The number of hydrogen-bond acceptors (Lipinski definition) is 2. The van der Waals surface area contributed by atoms with Gasteiger partial charge in [0.1, 0.15) is 5.78 Å². The van der Waals surface area contributed by atoms with Crippen LogP contribution in [0.3, 0.4) is 0 Å². The van der Waals surface area contributed by atoms with Gasteiger partial charge in [0.15, 0.2) is 0 Å². The standard InChI is InChI=1S/C6H12O2.Na.H/c1-2-3-6(8)4-5-7;;/h7H,2-5H2,1H3;;/q;+1;-1. The third kappa shape index (κ3) is 8.63. The summed E-state index contributed by atoms with van der Waals surface area (Å²) in [4.78, 5) is 10.5. The van der Waals surface area contributed by atoms with Gasteiger partial charge < -0.3 is 6.53 Å². The Bertz CT molecular complexity index is 70.1. The Balaban J connectivity index is -0.000000245. The Hall–Kier alpha value is 0.630. The average Bonchev–Trinajstić information content (AvgIpc) is 1.68. The third-order valence-electron chi connectivity index (χ3n) is 0.919. The van der Waals surface area contributed by atoms with Crippen molar-refractivity contribution in [3.05, 3.63) is 0 Å². The van der Waals surface area contributed by atoms with E-state index >= 15 is 0 Å². The minimum atomic E-state index is -0.00116. The first-order valence-corrected chi connectivity index (χ1v) is 2.93. The molecule has 3 heteroatoms. The van der Waals surface area contributed by atoms with Gasteiger partial charge in [0, 0.05) is 19.4 Å². The molecular formula is C6H13NaO2. The number of ketones is 1. The van der Waals surface area contributed by atoms with Crippen LogP contribution in [0.15, 0.2) is 0 Å². The van der Waals surface area contributed by atoms with Gasteiger partial charge in [-0.05, 0) is 6.42 Å². The van der Waals surface area contributed by atoms with E-state index in [-0.39, 0.29) is 43.4 Å². The second-order valence-corrected chi connectivity index (χ2v) is 1.76. The molecule has 0 aliphatic carbocycles. The largest absolute Gasteiger partial charge is 1.00 e. The minimum absolute atomic E-state index is 0. The van der Waals surface area contributed by atoms with E-state index in [1.54, 1.807) is 0 Å². The van der Waals surface area contributed by atoms with Crippen LogP contribution in [-0.4, -0.2) is 17.5 Å². The fraction of sp³-hybridized carbons (Fsp3) is 0.833. The maximum atomic E-state index is 10.5. The average molecular weight is 140 g/mol. The first-order valence-electron chi connectivity index (χ1n) is 2.93. The molecule has 0 aromatic heterocycles. The van der Waals surface area contributed by atoms with E-state index in [9.17, 15) is 4.79 Å². The van der Waals surface area contributed by atoms with Crippen LogP contribution in [-0.2, 0) is 4.79 Å². The molecule has 0 radical (unpaired) electrons. The molecule has 0 aliphatic rings. The molecule has 0 aromatic carbocycles. The van der Waals surface area contributed by atoms with Gasteiger partial charge in [-0.2, -0.15) is 0 Å². The Morgan fingerprint density at radius 1 is 1.56 bits per heavy atom. The van der Waals surface area contributed by atoms with Gasteiger partial charge in [-0.15, -0.1) is 0 Å². The van der Waals surface area contributed by atoms with E-state index in [0.29, 0.717) is 12.8 Å². The van der Waals surface area contributed by atoms with Crippen molar-refractivity contribution in [1.29, 1.82) is 0 Å². The second kappa shape index (κ2) is 8.63. The number of Topliss-reactive ketones (excluding diaryl/α,β-unsaturated/α-hetero) is 1. The van der Waals surface area contributed by atoms with E-state index in [2.05, 4.69) is 0 Å². The molecule has 0 heterocycles. The molecule has 0 rings (SSSR count). The molecule has 0 atom stereocenters. The molecule has 0 saturated heterocycles. The summed E-state index contributed by atoms with van der Waals surface area (Å²) in [5.74, 6) is 0.162. The molecule has 0 aliphatic heterocycles. The normalized spacial score (nSPS) is 8.22. The molecule has 1 N–H and O–H groups in total.